The Bertz CT molecular complexity index is 982. The average Bonchev–Trinajstić information content (AvgIpc) is 2.53. The van der Waals surface area contributed by atoms with E-state index in [-0.39, 0.29) is 22.6 Å². The van der Waals surface area contributed by atoms with Gasteiger partial charge in [-0.15, -0.1) is 0 Å². The number of para-hydroxylation sites is 1. The standard InChI is InChI=1S/C18H12O5/c19-13-4-2-1-3-11(13)5-8-14(20)17-15(21)9-6-12-7-10-16(22)23-18(12)17/h1-10,19,21H/b8-5+. The molecule has 0 amide bonds. The van der Waals surface area contributed by atoms with Crippen LogP contribution in [0.4, 0.5) is 0 Å². The molecule has 5 heteroatoms. The summed E-state index contributed by atoms with van der Waals surface area (Å²) in [7, 11) is 0. The molecule has 0 fully saturated rings. The number of phenols is 2. The smallest absolute Gasteiger partial charge is 0.336 e. The normalized spacial score (nSPS) is 11.1. The number of hydrogen-bond donors (Lipinski definition) is 2. The van der Waals surface area contributed by atoms with E-state index in [0.29, 0.717) is 10.9 Å². The molecule has 0 radical (unpaired) electrons. The fraction of sp³-hybridized carbons (Fsp3) is 0. The second-order valence-corrected chi connectivity index (χ2v) is 4.89. The van der Waals surface area contributed by atoms with Crippen molar-refractivity contribution >= 4 is 22.8 Å². The molecule has 0 aliphatic rings. The fourth-order valence-corrected chi connectivity index (χ4v) is 2.24. The lowest BCUT2D eigenvalue weighted by atomic mass is 10.0. The van der Waals surface area contributed by atoms with Crippen LogP contribution in [0.5, 0.6) is 11.5 Å². The van der Waals surface area contributed by atoms with Crippen LogP contribution in [0.15, 0.2) is 63.8 Å². The van der Waals surface area contributed by atoms with E-state index in [9.17, 15) is 19.8 Å². The van der Waals surface area contributed by atoms with Crippen LogP contribution in [0.1, 0.15) is 15.9 Å². The number of rotatable bonds is 3. The molecule has 23 heavy (non-hydrogen) atoms. The van der Waals surface area contributed by atoms with E-state index in [1.54, 1.807) is 24.3 Å². The minimum atomic E-state index is -0.609. The van der Waals surface area contributed by atoms with E-state index in [1.807, 2.05) is 0 Å². The van der Waals surface area contributed by atoms with Gasteiger partial charge in [0.15, 0.2) is 11.4 Å². The van der Waals surface area contributed by atoms with Crippen LogP contribution in [-0.4, -0.2) is 16.0 Å². The molecule has 0 saturated carbocycles. The van der Waals surface area contributed by atoms with Gasteiger partial charge in [0.2, 0.25) is 0 Å². The highest BCUT2D eigenvalue weighted by atomic mass is 16.4. The summed E-state index contributed by atoms with van der Waals surface area (Å²) in [4.78, 5) is 23.8. The molecule has 0 aliphatic heterocycles. The van der Waals surface area contributed by atoms with Crippen LogP contribution in [0, 0.1) is 0 Å². The summed E-state index contributed by atoms with van der Waals surface area (Å²) in [6.45, 7) is 0. The molecule has 0 unspecified atom stereocenters. The van der Waals surface area contributed by atoms with Gasteiger partial charge in [0.25, 0.3) is 0 Å². The highest BCUT2D eigenvalue weighted by Gasteiger charge is 2.15. The average molecular weight is 308 g/mol. The lowest BCUT2D eigenvalue weighted by molar-refractivity contribution is 0.104. The van der Waals surface area contributed by atoms with Crippen molar-refractivity contribution < 1.29 is 19.4 Å². The Balaban J connectivity index is 2.08. The Morgan fingerprint density at radius 2 is 1.70 bits per heavy atom. The molecular weight excluding hydrogens is 296 g/mol. The Kier molecular flexibility index (Phi) is 3.68. The highest BCUT2D eigenvalue weighted by Crippen LogP contribution is 2.27. The van der Waals surface area contributed by atoms with Crippen molar-refractivity contribution in [2.75, 3.05) is 0 Å². The van der Waals surface area contributed by atoms with Crippen LogP contribution in [-0.2, 0) is 0 Å². The van der Waals surface area contributed by atoms with Crippen LogP contribution < -0.4 is 5.63 Å². The third-order valence-electron chi connectivity index (χ3n) is 3.37. The largest absolute Gasteiger partial charge is 0.507 e. The van der Waals surface area contributed by atoms with Gasteiger partial charge in [-0.3, -0.25) is 4.79 Å². The van der Waals surface area contributed by atoms with Crippen molar-refractivity contribution in [3.05, 3.63) is 76.2 Å². The molecule has 0 spiro atoms. The number of ketones is 1. The molecule has 114 valence electrons. The molecule has 3 rings (SSSR count). The van der Waals surface area contributed by atoms with Gasteiger partial charge >= 0.3 is 5.63 Å². The number of phenolic OH excluding ortho intramolecular Hbond substituents is 2. The van der Waals surface area contributed by atoms with Gasteiger partial charge in [-0.05, 0) is 36.4 Å². The highest BCUT2D eigenvalue weighted by molar-refractivity contribution is 6.15. The first-order valence-corrected chi connectivity index (χ1v) is 6.82. The fourth-order valence-electron chi connectivity index (χ4n) is 2.24. The Morgan fingerprint density at radius 3 is 2.48 bits per heavy atom. The first-order chi connectivity index (χ1) is 11.1. The quantitative estimate of drug-likeness (QED) is 0.441. The monoisotopic (exact) mass is 308 g/mol. The van der Waals surface area contributed by atoms with Crippen LogP contribution >= 0.6 is 0 Å². The molecule has 0 saturated heterocycles. The van der Waals surface area contributed by atoms with E-state index in [2.05, 4.69) is 0 Å². The minimum absolute atomic E-state index is 0.0319. The summed E-state index contributed by atoms with van der Waals surface area (Å²) in [5.41, 5.74) is -0.208. The predicted octanol–water partition coefficient (Wildman–Crippen LogP) is 3.10. The number of fused-ring (bicyclic) bond motifs is 1. The van der Waals surface area contributed by atoms with E-state index < -0.39 is 11.4 Å². The van der Waals surface area contributed by atoms with Crippen molar-refractivity contribution in [3.8, 4) is 11.5 Å². The molecule has 0 bridgehead atoms. The van der Waals surface area contributed by atoms with Crippen LogP contribution in [0.2, 0.25) is 0 Å². The van der Waals surface area contributed by atoms with Gasteiger partial charge < -0.3 is 14.6 Å². The van der Waals surface area contributed by atoms with Crippen LogP contribution in [0.25, 0.3) is 17.0 Å². The van der Waals surface area contributed by atoms with Gasteiger partial charge in [-0.1, -0.05) is 18.2 Å². The van der Waals surface area contributed by atoms with Crippen molar-refractivity contribution in [2.24, 2.45) is 0 Å². The van der Waals surface area contributed by atoms with Crippen molar-refractivity contribution in [3.63, 3.8) is 0 Å². The summed E-state index contributed by atoms with van der Waals surface area (Å²) in [5.74, 6) is -0.783. The van der Waals surface area contributed by atoms with Crippen LogP contribution in [0.3, 0.4) is 0 Å². The number of aromatic hydroxyl groups is 2. The first kappa shape index (κ1) is 14.6. The summed E-state index contributed by atoms with van der Waals surface area (Å²) < 4.78 is 5.05. The molecule has 3 aromatic rings. The second-order valence-electron chi connectivity index (χ2n) is 4.89. The number of carbonyl (C=O) groups excluding carboxylic acids is 1. The van der Waals surface area contributed by atoms with E-state index >= 15 is 0 Å². The maximum Gasteiger partial charge on any atom is 0.336 e. The summed E-state index contributed by atoms with van der Waals surface area (Å²) in [6, 6.07) is 12.2. The molecule has 5 nitrogen and oxygen atoms in total. The molecule has 1 aromatic heterocycles. The zero-order valence-electron chi connectivity index (χ0n) is 11.9. The predicted molar refractivity (Wildman–Crippen MR) is 85.6 cm³/mol. The molecule has 1 heterocycles. The van der Waals surface area contributed by atoms with Gasteiger partial charge in [-0.2, -0.15) is 0 Å². The summed E-state index contributed by atoms with van der Waals surface area (Å²) in [6.07, 6.45) is 2.63. The van der Waals surface area contributed by atoms with Gasteiger partial charge in [0.05, 0.1) is 0 Å². The topological polar surface area (TPSA) is 87.7 Å². The minimum Gasteiger partial charge on any atom is -0.507 e. The second kappa shape index (κ2) is 5.81. The Hall–Kier alpha value is -3.34. The Morgan fingerprint density at radius 1 is 0.957 bits per heavy atom. The zero-order chi connectivity index (χ0) is 16.4. The molecule has 0 aliphatic carbocycles. The number of carbonyl (C=O) groups is 1. The van der Waals surface area contributed by atoms with Gasteiger partial charge in [0, 0.05) is 17.0 Å². The number of allylic oxidation sites excluding steroid dienone is 1. The lowest BCUT2D eigenvalue weighted by Crippen LogP contribution is -2.01. The molecule has 0 atom stereocenters. The van der Waals surface area contributed by atoms with Gasteiger partial charge in [0.1, 0.15) is 17.1 Å². The third-order valence-corrected chi connectivity index (χ3v) is 3.37. The van der Waals surface area contributed by atoms with Gasteiger partial charge in [-0.25, -0.2) is 4.79 Å². The van der Waals surface area contributed by atoms with Crippen molar-refractivity contribution in [1.29, 1.82) is 0 Å². The maximum atomic E-state index is 12.4. The zero-order valence-corrected chi connectivity index (χ0v) is 11.9. The molecule has 2 aromatic carbocycles. The first-order valence-electron chi connectivity index (χ1n) is 6.82. The van der Waals surface area contributed by atoms with E-state index in [4.69, 9.17) is 4.42 Å². The van der Waals surface area contributed by atoms with Crippen molar-refractivity contribution in [2.45, 2.75) is 0 Å². The summed E-state index contributed by atoms with van der Waals surface area (Å²) >= 11 is 0. The molecule has 2 N–H and O–H groups in total. The lowest BCUT2D eigenvalue weighted by Gasteiger charge is -2.04. The number of benzene rings is 2. The SMILES string of the molecule is O=C(/C=C/c1ccccc1O)c1c(O)ccc2ccc(=O)oc12. The van der Waals surface area contributed by atoms with E-state index in [0.717, 1.165) is 0 Å². The van der Waals surface area contributed by atoms with Crippen molar-refractivity contribution in [1.82, 2.24) is 0 Å². The summed E-state index contributed by atoms with van der Waals surface area (Å²) in [5, 5.41) is 20.2. The molecular formula is C18H12O5. The maximum absolute atomic E-state index is 12.4. The third kappa shape index (κ3) is 2.85. The number of hydrogen-bond acceptors (Lipinski definition) is 5. The Labute approximate surface area is 130 Å². The van der Waals surface area contributed by atoms with E-state index in [1.165, 1.54) is 36.4 Å².